The van der Waals surface area contributed by atoms with Crippen LogP contribution in [0.25, 0.3) is 10.9 Å². The summed E-state index contributed by atoms with van der Waals surface area (Å²) in [5.41, 5.74) is 1.86. The van der Waals surface area contributed by atoms with Gasteiger partial charge in [0.05, 0.1) is 21.9 Å². The number of phenolic OH excluding ortho intramolecular Hbond substituents is 1. The van der Waals surface area contributed by atoms with E-state index in [4.69, 9.17) is 16.3 Å². The van der Waals surface area contributed by atoms with Gasteiger partial charge in [-0.25, -0.2) is 4.79 Å². The molecular weight excluding hydrogens is 484 g/mol. The fraction of sp³-hybridized carbons (Fsp3) is 0.200. The number of pyridine rings is 1. The van der Waals surface area contributed by atoms with Crippen molar-refractivity contribution < 1.29 is 19.4 Å². The van der Waals surface area contributed by atoms with Crippen LogP contribution in [0.3, 0.4) is 0 Å². The molecular formula is C25H25ClN6O4. The maximum atomic E-state index is 12.4. The molecule has 0 aliphatic heterocycles. The molecule has 2 aromatic carbocycles. The number of aromatic hydroxyl groups is 1. The van der Waals surface area contributed by atoms with Crippen molar-refractivity contribution in [3.63, 3.8) is 0 Å². The Labute approximate surface area is 212 Å². The number of benzene rings is 2. The molecule has 2 aromatic heterocycles. The number of anilines is 3. The van der Waals surface area contributed by atoms with Gasteiger partial charge in [0, 0.05) is 47.8 Å². The highest BCUT2D eigenvalue weighted by atomic mass is 35.5. The summed E-state index contributed by atoms with van der Waals surface area (Å²) in [6, 6.07) is 10.8. The summed E-state index contributed by atoms with van der Waals surface area (Å²) in [5.74, 6) is 0.812. The number of aromatic amines is 1. The number of carbonyl (C=O) groups excluding carboxylic acids is 2. The fourth-order valence-corrected chi connectivity index (χ4v) is 3.58. The molecule has 10 nitrogen and oxygen atoms in total. The minimum Gasteiger partial charge on any atom is -0.506 e. The zero-order valence-electron chi connectivity index (χ0n) is 20.1. The van der Waals surface area contributed by atoms with Gasteiger partial charge in [-0.1, -0.05) is 32.4 Å². The molecule has 0 saturated carbocycles. The lowest BCUT2D eigenvalue weighted by atomic mass is 9.92. The molecule has 0 aliphatic carbocycles. The average Bonchev–Trinajstić information content (AvgIpc) is 3.25. The van der Waals surface area contributed by atoms with Gasteiger partial charge in [-0.15, -0.1) is 0 Å². The number of nitrogens with zero attached hydrogens (tertiary/aromatic N) is 2. The van der Waals surface area contributed by atoms with Crippen LogP contribution in [0.4, 0.5) is 22.0 Å². The van der Waals surface area contributed by atoms with Crippen LogP contribution in [0, 0.1) is 0 Å². The monoisotopic (exact) mass is 508 g/mol. The number of aromatic nitrogens is 3. The molecule has 186 valence electrons. The van der Waals surface area contributed by atoms with Gasteiger partial charge in [-0.3, -0.25) is 20.2 Å². The fourth-order valence-electron chi connectivity index (χ4n) is 3.36. The summed E-state index contributed by atoms with van der Waals surface area (Å²) in [5, 5.41) is 25.9. The Morgan fingerprint density at radius 1 is 1.03 bits per heavy atom. The molecule has 3 amide bonds. The Bertz CT molecular complexity index is 1460. The van der Waals surface area contributed by atoms with Crippen molar-refractivity contribution in [2.24, 2.45) is 0 Å². The van der Waals surface area contributed by atoms with Gasteiger partial charge in [0.1, 0.15) is 17.2 Å². The molecule has 0 bridgehead atoms. The predicted molar refractivity (Wildman–Crippen MR) is 139 cm³/mol. The third-order valence-corrected chi connectivity index (χ3v) is 5.49. The van der Waals surface area contributed by atoms with E-state index in [0.717, 1.165) is 5.69 Å². The minimum atomic E-state index is -0.497. The topological polar surface area (TPSA) is 141 Å². The smallest absolute Gasteiger partial charge is 0.324 e. The van der Waals surface area contributed by atoms with E-state index < -0.39 is 6.03 Å². The summed E-state index contributed by atoms with van der Waals surface area (Å²) in [7, 11) is 0. The Kier molecular flexibility index (Phi) is 6.71. The Morgan fingerprint density at radius 2 is 1.81 bits per heavy atom. The molecule has 0 atom stereocenters. The molecule has 2 heterocycles. The molecule has 4 aromatic rings. The molecule has 0 aliphatic rings. The van der Waals surface area contributed by atoms with E-state index >= 15 is 0 Å². The third kappa shape index (κ3) is 5.66. The van der Waals surface area contributed by atoms with E-state index in [1.54, 1.807) is 36.4 Å². The second-order valence-electron chi connectivity index (χ2n) is 9.12. The first-order chi connectivity index (χ1) is 17.0. The third-order valence-electron chi connectivity index (χ3n) is 5.17. The summed E-state index contributed by atoms with van der Waals surface area (Å²) in [6.45, 7) is 7.46. The number of hydrogen-bond donors (Lipinski definition) is 5. The van der Waals surface area contributed by atoms with Crippen LogP contribution in [0.1, 0.15) is 33.4 Å². The molecule has 0 saturated heterocycles. The van der Waals surface area contributed by atoms with E-state index in [1.807, 2.05) is 20.8 Å². The predicted octanol–water partition coefficient (Wildman–Crippen LogP) is 6.01. The van der Waals surface area contributed by atoms with Crippen molar-refractivity contribution >= 4 is 51.6 Å². The Morgan fingerprint density at radius 3 is 2.47 bits per heavy atom. The number of nitrogens with one attached hydrogen (secondary N) is 4. The van der Waals surface area contributed by atoms with Crippen molar-refractivity contribution in [1.29, 1.82) is 0 Å². The van der Waals surface area contributed by atoms with Gasteiger partial charge in [0.25, 0.3) is 0 Å². The summed E-state index contributed by atoms with van der Waals surface area (Å²) >= 11 is 6.39. The van der Waals surface area contributed by atoms with Crippen LogP contribution in [0.5, 0.6) is 17.2 Å². The zero-order valence-corrected chi connectivity index (χ0v) is 20.8. The number of ether oxygens (including phenoxy) is 1. The van der Waals surface area contributed by atoms with Crippen LogP contribution in [0.15, 0.2) is 48.7 Å². The summed E-state index contributed by atoms with van der Waals surface area (Å²) in [4.78, 5) is 28.1. The lowest BCUT2D eigenvalue weighted by Gasteiger charge is -2.14. The van der Waals surface area contributed by atoms with Crippen LogP contribution in [-0.4, -0.2) is 32.2 Å². The van der Waals surface area contributed by atoms with Crippen molar-refractivity contribution in [2.75, 3.05) is 16.0 Å². The maximum absolute atomic E-state index is 12.4. The number of phenols is 1. The number of urea groups is 1. The van der Waals surface area contributed by atoms with Crippen molar-refractivity contribution in [3.8, 4) is 17.2 Å². The first kappa shape index (κ1) is 24.8. The lowest BCUT2D eigenvalue weighted by molar-refractivity contribution is -0.114. The van der Waals surface area contributed by atoms with Gasteiger partial charge < -0.3 is 20.5 Å². The highest BCUT2D eigenvalue weighted by Gasteiger charge is 2.18. The van der Waals surface area contributed by atoms with E-state index in [9.17, 15) is 14.7 Å². The number of rotatable bonds is 5. The van der Waals surface area contributed by atoms with Gasteiger partial charge in [0.2, 0.25) is 5.91 Å². The van der Waals surface area contributed by atoms with Gasteiger partial charge in [-0.2, -0.15) is 5.10 Å². The summed E-state index contributed by atoms with van der Waals surface area (Å²) < 4.78 is 6.00. The van der Waals surface area contributed by atoms with Crippen LogP contribution < -0.4 is 20.7 Å². The van der Waals surface area contributed by atoms with Gasteiger partial charge >= 0.3 is 6.03 Å². The highest BCUT2D eigenvalue weighted by Crippen LogP contribution is 2.36. The average molecular weight is 509 g/mol. The number of halogens is 1. The molecule has 11 heteroatoms. The normalized spacial score (nSPS) is 11.2. The second kappa shape index (κ2) is 9.74. The standard InChI is InChI=1S/C25H25ClN6O4/c1-13(33)28-19-10-15-18(11-20(19)34)27-8-7-21(15)36-14-5-6-17(16(26)9-14)29-24(35)30-23-12-22(31-32-23)25(2,3)4/h5-12,34H,1-4H3,(H,28,33)(H3,29,30,31,32,35). The molecule has 0 fully saturated rings. The van der Waals surface area contributed by atoms with E-state index in [0.29, 0.717) is 33.9 Å². The Hall–Kier alpha value is -4.31. The molecule has 4 rings (SSSR count). The molecule has 0 radical (unpaired) electrons. The first-order valence-corrected chi connectivity index (χ1v) is 11.4. The number of H-pyrrole nitrogens is 1. The van der Waals surface area contributed by atoms with Crippen molar-refractivity contribution in [2.45, 2.75) is 33.1 Å². The number of hydrogen-bond acceptors (Lipinski definition) is 6. The maximum Gasteiger partial charge on any atom is 0.324 e. The lowest BCUT2D eigenvalue weighted by Crippen LogP contribution is -2.19. The molecule has 0 spiro atoms. The quantitative estimate of drug-likeness (QED) is 0.209. The van der Waals surface area contributed by atoms with E-state index in [1.165, 1.54) is 19.2 Å². The van der Waals surface area contributed by atoms with Crippen LogP contribution >= 0.6 is 11.6 Å². The van der Waals surface area contributed by atoms with Gasteiger partial charge in [-0.05, 0) is 24.3 Å². The first-order valence-electron chi connectivity index (χ1n) is 11.0. The number of carbonyl (C=O) groups is 2. The molecule has 0 unspecified atom stereocenters. The summed E-state index contributed by atoms with van der Waals surface area (Å²) in [6.07, 6.45) is 1.54. The molecule has 5 N–H and O–H groups in total. The zero-order chi connectivity index (χ0) is 26.0. The van der Waals surface area contributed by atoms with E-state index in [2.05, 4.69) is 31.1 Å². The number of amides is 3. The van der Waals surface area contributed by atoms with Crippen molar-refractivity contribution in [3.05, 3.63) is 59.4 Å². The minimum absolute atomic E-state index is 0.108. The Balaban J connectivity index is 1.50. The largest absolute Gasteiger partial charge is 0.506 e. The van der Waals surface area contributed by atoms with E-state index in [-0.39, 0.29) is 27.8 Å². The number of fused-ring (bicyclic) bond motifs is 1. The second-order valence-corrected chi connectivity index (χ2v) is 9.52. The van der Waals surface area contributed by atoms with Crippen LogP contribution in [-0.2, 0) is 10.2 Å². The van der Waals surface area contributed by atoms with Crippen LogP contribution in [0.2, 0.25) is 5.02 Å². The SMILES string of the molecule is CC(=O)Nc1cc2c(Oc3ccc(NC(=O)Nc4cc(C(C)(C)C)[nH]n4)c(Cl)c3)ccnc2cc1O. The highest BCUT2D eigenvalue weighted by molar-refractivity contribution is 6.34. The van der Waals surface area contributed by atoms with Gasteiger partial charge in [0.15, 0.2) is 5.82 Å². The van der Waals surface area contributed by atoms with Crippen molar-refractivity contribution in [1.82, 2.24) is 15.2 Å². The molecule has 36 heavy (non-hydrogen) atoms.